The number of carbonyl (C=O) groups excluding carboxylic acids is 2. The zero-order valence-corrected chi connectivity index (χ0v) is 15.2. The second-order valence-corrected chi connectivity index (χ2v) is 5.65. The first-order chi connectivity index (χ1) is 13.5. The van der Waals surface area contributed by atoms with Crippen LogP contribution >= 0.6 is 0 Å². The molecule has 0 saturated heterocycles. The monoisotopic (exact) mass is 382 g/mol. The number of hydrogen-bond acceptors (Lipinski definition) is 6. The maximum Gasteiger partial charge on any atom is 0.290 e. The number of methoxy groups -OCH3 is 1. The number of aromatic amines is 1. The predicted octanol–water partition coefficient (Wildman–Crippen LogP) is 1.41. The molecule has 9 nitrogen and oxygen atoms in total. The van der Waals surface area contributed by atoms with Gasteiger partial charge in [-0.05, 0) is 31.2 Å². The molecular formula is C19H18N4O5. The van der Waals surface area contributed by atoms with Crippen LogP contribution in [0.1, 0.15) is 27.8 Å². The minimum atomic E-state index is -0.668. The molecule has 28 heavy (non-hydrogen) atoms. The molecule has 1 aromatic heterocycles. The number of H-pyrrole nitrogens is 1. The Morgan fingerprint density at radius 3 is 2.46 bits per heavy atom. The van der Waals surface area contributed by atoms with Crippen molar-refractivity contribution in [3.8, 4) is 11.5 Å². The highest BCUT2D eigenvalue weighted by Gasteiger charge is 2.16. The second kappa shape index (κ2) is 8.21. The van der Waals surface area contributed by atoms with Gasteiger partial charge in [-0.1, -0.05) is 18.2 Å². The molecule has 0 bridgehead atoms. The van der Waals surface area contributed by atoms with Gasteiger partial charge in [0.25, 0.3) is 17.4 Å². The molecule has 0 unspecified atom stereocenters. The third-order valence-corrected chi connectivity index (χ3v) is 3.93. The van der Waals surface area contributed by atoms with Crippen molar-refractivity contribution < 1.29 is 19.1 Å². The maximum atomic E-state index is 12.4. The Hall–Kier alpha value is -3.88. The van der Waals surface area contributed by atoms with Crippen LogP contribution < -0.4 is 25.9 Å². The molecule has 3 aromatic rings. The number of benzene rings is 2. The van der Waals surface area contributed by atoms with E-state index in [9.17, 15) is 14.4 Å². The SMILES string of the molecule is CCOc1ccc(C(=O)NNC(=O)c2n[nH]c(=O)c3ccccc23)cc1OC. The van der Waals surface area contributed by atoms with Gasteiger partial charge in [-0.15, -0.1) is 0 Å². The topological polar surface area (TPSA) is 122 Å². The summed E-state index contributed by atoms with van der Waals surface area (Å²) in [4.78, 5) is 36.5. The van der Waals surface area contributed by atoms with Crippen molar-refractivity contribution in [2.45, 2.75) is 6.92 Å². The molecule has 0 spiro atoms. The lowest BCUT2D eigenvalue weighted by molar-refractivity contribution is 0.0844. The number of amides is 2. The summed E-state index contributed by atoms with van der Waals surface area (Å²) in [6.07, 6.45) is 0. The average molecular weight is 382 g/mol. The van der Waals surface area contributed by atoms with Gasteiger partial charge in [-0.3, -0.25) is 25.2 Å². The number of hydrogen-bond donors (Lipinski definition) is 3. The Morgan fingerprint density at radius 2 is 1.75 bits per heavy atom. The van der Waals surface area contributed by atoms with Crippen LogP contribution in [0, 0.1) is 0 Å². The van der Waals surface area contributed by atoms with Crippen molar-refractivity contribution in [2.75, 3.05) is 13.7 Å². The Balaban J connectivity index is 1.76. The summed E-state index contributed by atoms with van der Waals surface area (Å²) in [7, 11) is 1.47. The van der Waals surface area contributed by atoms with Gasteiger partial charge in [-0.25, -0.2) is 5.10 Å². The van der Waals surface area contributed by atoms with E-state index in [1.165, 1.54) is 13.2 Å². The molecule has 0 aliphatic carbocycles. The quantitative estimate of drug-likeness (QED) is 0.574. The summed E-state index contributed by atoms with van der Waals surface area (Å²) in [6.45, 7) is 2.29. The van der Waals surface area contributed by atoms with Crippen LogP contribution in [0.2, 0.25) is 0 Å². The summed E-state index contributed by atoms with van der Waals surface area (Å²) in [5.41, 5.74) is 4.45. The van der Waals surface area contributed by atoms with E-state index in [1.54, 1.807) is 36.4 Å². The molecular weight excluding hydrogens is 364 g/mol. The fraction of sp³-hybridized carbons (Fsp3) is 0.158. The number of nitrogens with one attached hydrogen (secondary N) is 3. The predicted molar refractivity (Wildman–Crippen MR) is 101 cm³/mol. The van der Waals surface area contributed by atoms with Gasteiger partial charge in [0.15, 0.2) is 17.2 Å². The van der Waals surface area contributed by atoms with E-state index in [2.05, 4.69) is 21.0 Å². The fourth-order valence-corrected chi connectivity index (χ4v) is 2.62. The molecule has 0 saturated carbocycles. The molecule has 3 rings (SSSR count). The highest BCUT2D eigenvalue weighted by Crippen LogP contribution is 2.27. The molecule has 0 radical (unpaired) electrons. The molecule has 9 heteroatoms. The van der Waals surface area contributed by atoms with Gasteiger partial charge in [0.1, 0.15) is 0 Å². The van der Waals surface area contributed by atoms with Gasteiger partial charge in [0.2, 0.25) is 0 Å². The van der Waals surface area contributed by atoms with E-state index in [0.717, 1.165) is 0 Å². The van der Waals surface area contributed by atoms with Gasteiger partial charge in [0, 0.05) is 10.9 Å². The average Bonchev–Trinajstić information content (AvgIpc) is 2.72. The minimum Gasteiger partial charge on any atom is -0.493 e. The maximum absolute atomic E-state index is 12.4. The normalized spacial score (nSPS) is 10.4. The summed E-state index contributed by atoms with van der Waals surface area (Å²) in [5.74, 6) is -0.314. The standard InChI is InChI=1S/C19H18N4O5/c1-3-28-14-9-8-11(10-15(14)27-2)17(24)21-23-19(26)16-12-6-4-5-7-13(12)18(25)22-20-16/h4-10H,3H2,1-2H3,(H,21,24)(H,22,25)(H,23,26). The van der Waals surface area contributed by atoms with E-state index in [4.69, 9.17) is 9.47 Å². The lowest BCUT2D eigenvalue weighted by atomic mass is 10.1. The van der Waals surface area contributed by atoms with Crippen molar-refractivity contribution in [2.24, 2.45) is 0 Å². The summed E-state index contributed by atoms with van der Waals surface area (Å²) in [6, 6.07) is 11.2. The second-order valence-electron chi connectivity index (χ2n) is 5.65. The first kappa shape index (κ1) is 18.9. The Kier molecular flexibility index (Phi) is 5.54. The van der Waals surface area contributed by atoms with E-state index in [-0.39, 0.29) is 11.3 Å². The smallest absolute Gasteiger partial charge is 0.290 e. The molecule has 1 heterocycles. The van der Waals surface area contributed by atoms with Gasteiger partial charge in [-0.2, -0.15) is 5.10 Å². The third kappa shape index (κ3) is 3.78. The van der Waals surface area contributed by atoms with E-state index < -0.39 is 17.4 Å². The van der Waals surface area contributed by atoms with Gasteiger partial charge < -0.3 is 9.47 Å². The van der Waals surface area contributed by atoms with Crippen molar-refractivity contribution in [3.05, 3.63) is 64.1 Å². The summed E-state index contributed by atoms with van der Waals surface area (Å²) >= 11 is 0. The van der Waals surface area contributed by atoms with Crippen LogP contribution in [0.25, 0.3) is 10.8 Å². The van der Waals surface area contributed by atoms with Crippen molar-refractivity contribution in [1.29, 1.82) is 0 Å². The van der Waals surface area contributed by atoms with Crippen molar-refractivity contribution >= 4 is 22.6 Å². The number of fused-ring (bicyclic) bond motifs is 1. The number of hydrazine groups is 1. The first-order valence-corrected chi connectivity index (χ1v) is 8.44. The molecule has 0 aliphatic rings. The molecule has 0 fully saturated rings. The number of rotatable bonds is 5. The Morgan fingerprint density at radius 1 is 1.04 bits per heavy atom. The molecule has 2 amide bonds. The Labute approximate surface area is 159 Å². The fourth-order valence-electron chi connectivity index (χ4n) is 2.62. The number of nitrogens with zero attached hydrogens (tertiary/aromatic N) is 1. The van der Waals surface area contributed by atoms with Crippen molar-refractivity contribution in [1.82, 2.24) is 21.0 Å². The summed E-state index contributed by atoms with van der Waals surface area (Å²) < 4.78 is 10.6. The van der Waals surface area contributed by atoms with Crippen LogP contribution in [0.3, 0.4) is 0 Å². The third-order valence-electron chi connectivity index (χ3n) is 3.93. The largest absolute Gasteiger partial charge is 0.493 e. The van der Waals surface area contributed by atoms with Crippen LogP contribution in [-0.4, -0.2) is 35.7 Å². The van der Waals surface area contributed by atoms with Gasteiger partial charge in [0.05, 0.1) is 19.1 Å². The van der Waals surface area contributed by atoms with Crippen molar-refractivity contribution in [3.63, 3.8) is 0 Å². The minimum absolute atomic E-state index is 0.0141. The highest BCUT2D eigenvalue weighted by atomic mass is 16.5. The molecule has 0 aliphatic heterocycles. The number of ether oxygens (including phenoxy) is 2. The van der Waals surface area contributed by atoms with E-state index >= 15 is 0 Å². The van der Waals surface area contributed by atoms with Crippen LogP contribution in [0.15, 0.2) is 47.3 Å². The molecule has 2 aromatic carbocycles. The molecule has 3 N–H and O–H groups in total. The lowest BCUT2D eigenvalue weighted by Crippen LogP contribution is -2.42. The van der Waals surface area contributed by atoms with Crippen LogP contribution in [0.4, 0.5) is 0 Å². The summed E-state index contributed by atoms with van der Waals surface area (Å²) in [5, 5.41) is 6.75. The number of carbonyl (C=O) groups is 2. The van der Waals surface area contributed by atoms with E-state index in [0.29, 0.717) is 28.9 Å². The molecule has 144 valence electrons. The Bertz CT molecular complexity index is 1090. The van der Waals surface area contributed by atoms with E-state index in [1.807, 2.05) is 6.92 Å². The first-order valence-electron chi connectivity index (χ1n) is 8.44. The zero-order chi connectivity index (χ0) is 20.1. The molecule has 0 atom stereocenters. The number of aromatic nitrogens is 2. The zero-order valence-electron chi connectivity index (χ0n) is 15.2. The van der Waals surface area contributed by atoms with Crippen LogP contribution in [-0.2, 0) is 0 Å². The lowest BCUT2D eigenvalue weighted by Gasteiger charge is -2.12. The highest BCUT2D eigenvalue weighted by molar-refractivity contribution is 6.06. The van der Waals surface area contributed by atoms with Gasteiger partial charge >= 0.3 is 0 Å². The van der Waals surface area contributed by atoms with Crippen LogP contribution in [0.5, 0.6) is 11.5 Å².